The number of rotatable bonds is 1. The smallest absolute Gasteiger partial charge is 0.310 e. The Kier molecular flexibility index (Phi) is 0.818. The van der Waals surface area contributed by atoms with Crippen LogP contribution >= 0.6 is 0 Å². The fraction of sp³-hybridized carbons (Fsp3) is 0.909. The molecule has 0 saturated heterocycles. The zero-order chi connectivity index (χ0) is 8.84. The first-order chi connectivity index (χ1) is 6.19. The van der Waals surface area contributed by atoms with Crippen LogP contribution in [0, 0.1) is 28.6 Å². The third-order valence-electron chi connectivity index (χ3n) is 5.67. The normalized spacial score (nSPS) is 65.4. The molecule has 6 rings (SSSR count). The lowest BCUT2D eigenvalue weighted by Crippen LogP contribution is -2.55. The predicted octanol–water partition coefficient (Wildman–Crippen LogP) is 1.90. The zero-order valence-electron chi connectivity index (χ0n) is 7.62. The molecule has 3 atom stereocenters. The summed E-state index contributed by atoms with van der Waals surface area (Å²) in [5, 5.41) is 9.29. The van der Waals surface area contributed by atoms with E-state index in [1.807, 2.05) is 0 Å². The molecular weight excluding hydrogens is 164 g/mol. The first-order valence-corrected chi connectivity index (χ1v) is 5.42. The van der Waals surface area contributed by atoms with E-state index in [1.165, 1.54) is 19.3 Å². The number of aliphatic carboxylic acids is 1. The van der Waals surface area contributed by atoms with Crippen molar-refractivity contribution in [2.75, 3.05) is 0 Å². The molecule has 1 N–H and O–H groups in total. The van der Waals surface area contributed by atoms with Crippen molar-refractivity contribution in [1.29, 1.82) is 0 Å². The van der Waals surface area contributed by atoms with Crippen molar-refractivity contribution in [1.82, 2.24) is 0 Å². The average molecular weight is 178 g/mol. The zero-order valence-corrected chi connectivity index (χ0v) is 7.62. The minimum atomic E-state index is -0.480. The van der Waals surface area contributed by atoms with Gasteiger partial charge in [-0.15, -0.1) is 0 Å². The average Bonchev–Trinajstić information content (AvgIpc) is 2.79. The summed E-state index contributed by atoms with van der Waals surface area (Å²) in [7, 11) is 0. The van der Waals surface area contributed by atoms with Crippen LogP contribution in [0.15, 0.2) is 0 Å². The van der Waals surface area contributed by atoms with Gasteiger partial charge < -0.3 is 5.11 Å². The lowest BCUT2D eigenvalue weighted by atomic mass is 9.44. The molecule has 6 aliphatic rings. The van der Waals surface area contributed by atoms with Gasteiger partial charge in [0.05, 0.1) is 5.41 Å². The van der Waals surface area contributed by atoms with Crippen molar-refractivity contribution in [3.05, 3.63) is 0 Å². The van der Waals surface area contributed by atoms with Gasteiger partial charge >= 0.3 is 5.97 Å². The standard InChI is InChI=1S/C11H14O2/c12-9(13)10-4-6-1-7-3-8(2-6)11(7,10)5-10/h6-8H,1-5H2,(H,12,13). The molecule has 3 unspecified atom stereocenters. The van der Waals surface area contributed by atoms with E-state index in [9.17, 15) is 9.90 Å². The van der Waals surface area contributed by atoms with Crippen LogP contribution in [0.1, 0.15) is 32.1 Å². The second-order valence-electron chi connectivity index (χ2n) is 5.78. The van der Waals surface area contributed by atoms with Crippen molar-refractivity contribution in [3.8, 4) is 0 Å². The van der Waals surface area contributed by atoms with Gasteiger partial charge in [-0.05, 0) is 55.3 Å². The van der Waals surface area contributed by atoms with E-state index in [2.05, 4.69) is 0 Å². The van der Waals surface area contributed by atoms with E-state index >= 15 is 0 Å². The van der Waals surface area contributed by atoms with Crippen LogP contribution in [-0.4, -0.2) is 11.1 Å². The molecule has 6 fully saturated rings. The first-order valence-electron chi connectivity index (χ1n) is 5.42. The molecule has 2 heteroatoms. The Bertz CT molecular complexity index is 310. The van der Waals surface area contributed by atoms with Gasteiger partial charge in [0.25, 0.3) is 0 Å². The molecule has 1 spiro atoms. The van der Waals surface area contributed by atoms with Gasteiger partial charge in [0.15, 0.2) is 0 Å². The summed E-state index contributed by atoms with van der Waals surface area (Å²) in [6.45, 7) is 0. The number of hydrogen-bond donors (Lipinski definition) is 1. The lowest BCUT2D eigenvalue weighted by Gasteiger charge is -2.60. The van der Waals surface area contributed by atoms with Crippen LogP contribution in [-0.2, 0) is 4.79 Å². The molecule has 0 amide bonds. The Balaban J connectivity index is 1.85. The Morgan fingerprint density at radius 3 is 2.46 bits per heavy atom. The highest BCUT2D eigenvalue weighted by Gasteiger charge is 2.85. The number of carboxylic acids is 1. The predicted molar refractivity (Wildman–Crippen MR) is 46.1 cm³/mol. The van der Waals surface area contributed by atoms with Crippen molar-refractivity contribution in [2.24, 2.45) is 28.6 Å². The minimum absolute atomic E-state index is 0.220. The summed E-state index contributed by atoms with van der Waals surface area (Å²) in [6.07, 6.45) is 6.10. The third kappa shape index (κ3) is 0.456. The van der Waals surface area contributed by atoms with E-state index in [1.54, 1.807) is 0 Å². The molecule has 0 aromatic rings. The highest BCUT2D eigenvalue weighted by molar-refractivity contribution is 5.81. The maximum absolute atomic E-state index is 11.3. The van der Waals surface area contributed by atoms with Crippen LogP contribution < -0.4 is 0 Å². The fourth-order valence-electron chi connectivity index (χ4n) is 5.26. The molecule has 13 heavy (non-hydrogen) atoms. The molecule has 0 heterocycles. The molecular formula is C11H14O2. The third-order valence-corrected chi connectivity index (χ3v) is 5.67. The lowest BCUT2D eigenvalue weighted by molar-refractivity contribution is -0.166. The second-order valence-corrected chi connectivity index (χ2v) is 5.78. The highest BCUT2D eigenvalue weighted by atomic mass is 16.4. The quantitative estimate of drug-likeness (QED) is 0.665. The molecule has 2 nitrogen and oxygen atoms in total. The van der Waals surface area contributed by atoms with Gasteiger partial charge in [0.2, 0.25) is 0 Å². The van der Waals surface area contributed by atoms with Crippen molar-refractivity contribution in [3.63, 3.8) is 0 Å². The van der Waals surface area contributed by atoms with Crippen LogP contribution in [0.25, 0.3) is 0 Å². The van der Waals surface area contributed by atoms with Crippen molar-refractivity contribution in [2.45, 2.75) is 32.1 Å². The molecule has 0 radical (unpaired) electrons. The summed E-state index contributed by atoms with van der Waals surface area (Å²) in [4.78, 5) is 11.3. The van der Waals surface area contributed by atoms with Gasteiger partial charge in [-0.3, -0.25) is 4.79 Å². The van der Waals surface area contributed by atoms with Crippen LogP contribution in [0.5, 0.6) is 0 Å². The molecule has 4 bridgehead atoms. The number of carboxylic acid groups (broad SMARTS) is 1. The molecule has 6 saturated carbocycles. The monoisotopic (exact) mass is 178 g/mol. The van der Waals surface area contributed by atoms with Crippen LogP contribution in [0.3, 0.4) is 0 Å². The van der Waals surface area contributed by atoms with Gasteiger partial charge in [0.1, 0.15) is 0 Å². The SMILES string of the molecule is O=C(O)C12CC3CC4CC(C3)C41C2. The van der Waals surface area contributed by atoms with Crippen LogP contribution in [0.4, 0.5) is 0 Å². The Labute approximate surface area is 77.3 Å². The summed E-state index contributed by atoms with van der Waals surface area (Å²) < 4.78 is 0. The van der Waals surface area contributed by atoms with Gasteiger partial charge in [-0.2, -0.15) is 0 Å². The number of carbonyl (C=O) groups is 1. The minimum Gasteiger partial charge on any atom is -0.481 e. The summed E-state index contributed by atoms with van der Waals surface area (Å²) in [5.41, 5.74) is 0.106. The topological polar surface area (TPSA) is 37.3 Å². The summed E-state index contributed by atoms with van der Waals surface area (Å²) >= 11 is 0. The fourth-order valence-corrected chi connectivity index (χ4v) is 5.26. The maximum atomic E-state index is 11.3. The Morgan fingerprint density at radius 2 is 1.92 bits per heavy atom. The van der Waals surface area contributed by atoms with Gasteiger partial charge in [0, 0.05) is 0 Å². The molecule has 70 valence electrons. The molecule has 0 aliphatic heterocycles. The van der Waals surface area contributed by atoms with Gasteiger partial charge in [-0.1, -0.05) is 0 Å². The van der Waals surface area contributed by atoms with Crippen LogP contribution in [0.2, 0.25) is 0 Å². The Morgan fingerprint density at radius 1 is 1.23 bits per heavy atom. The highest BCUT2D eigenvalue weighted by Crippen LogP contribution is 2.88. The van der Waals surface area contributed by atoms with E-state index in [0.29, 0.717) is 5.41 Å². The Hall–Kier alpha value is -0.530. The maximum Gasteiger partial charge on any atom is 0.310 e. The summed E-state index contributed by atoms with van der Waals surface area (Å²) in [6, 6.07) is 0. The summed E-state index contributed by atoms with van der Waals surface area (Å²) in [5.74, 6) is 1.90. The van der Waals surface area contributed by atoms with E-state index in [0.717, 1.165) is 30.6 Å². The van der Waals surface area contributed by atoms with Gasteiger partial charge in [-0.25, -0.2) is 0 Å². The van der Waals surface area contributed by atoms with Crippen molar-refractivity contribution >= 4 is 5.97 Å². The van der Waals surface area contributed by atoms with E-state index in [4.69, 9.17) is 0 Å². The van der Waals surface area contributed by atoms with Crippen molar-refractivity contribution < 1.29 is 9.90 Å². The number of hydrogen-bond acceptors (Lipinski definition) is 1. The van der Waals surface area contributed by atoms with E-state index < -0.39 is 5.97 Å². The molecule has 0 aromatic carbocycles. The first kappa shape index (κ1) is 6.86. The largest absolute Gasteiger partial charge is 0.481 e. The van der Waals surface area contributed by atoms with E-state index in [-0.39, 0.29) is 5.41 Å². The molecule has 0 aromatic heterocycles. The molecule has 6 aliphatic carbocycles. The second kappa shape index (κ2) is 1.55.